The van der Waals surface area contributed by atoms with Crippen LogP contribution in [0.25, 0.3) is 0 Å². The fraction of sp³-hybridized carbons (Fsp3) is 0.429. The van der Waals surface area contributed by atoms with E-state index in [-0.39, 0.29) is 5.91 Å². The Morgan fingerprint density at radius 2 is 1.88 bits per heavy atom. The van der Waals surface area contributed by atoms with Crippen LogP contribution < -0.4 is 10.6 Å². The van der Waals surface area contributed by atoms with E-state index in [4.69, 9.17) is 0 Å². The summed E-state index contributed by atoms with van der Waals surface area (Å²) in [6.07, 6.45) is 8.83. The molecule has 0 radical (unpaired) electrons. The lowest BCUT2D eigenvalue weighted by atomic mass is 10.1. The van der Waals surface area contributed by atoms with E-state index in [9.17, 15) is 4.79 Å². The summed E-state index contributed by atoms with van der Waals surface area (Å²) in [6.45, 7) is 2.84. The maximum absolute atomic E-state index is 12.5. The van der Waals surface area contributed by atoms with Crippen LogP contribution in [0, 0.1) is 6.92 Å². The maximum Gasteiger partial charge on any atom is 0.270 e. The van der Waals surface area contributed by atoms with Crippen molar-refractivity contribution in [1.29, 1.82) is 0 Å². The molecule has 1 aliphatic carbocycles. The number of aryl methyl sites for hydroxylation is 1. The number of hydrogen-bond acceptors (Lipinski definition) is 3. The number of benzene rings is 1. The number of amides is 1. The Kier molecular flexibility index (Phi) is 6.04. The maximum atomic E-state index is 12.5. The van der Waals surface area contributed by atoms with Gasteiger partial charge in [-0.3, -0.25) is 9.78 Å². The summed E-state index contributed by atoms with van der Waals surface area (Å²) in [4.78, 5) is 16.8. The summed E-state index contributed by atoms with van der Waals surface area (Å²) in [5.41, 5.74) is 3.92. The third-order valence-corrected chi connectivity index (χ3v) is 4.93. The van der Waals surface area contributed by atoms with E-state index < -0.39 is 0 Å². The Bertz CT molecular complexity index is 706. The zero-order valence-corrected chi connectivity index (χ0v) is 14.9. The first-order valence-electron chi connectivity index (χ1n) is 9.27. The summed E-state index contributed by atoms with van der Waals surface area (Å²) >= 11 is 0. The summed E-state index contributed by atoms with van der Waals surface area (Å²) in [6, 6.07) is 12.3. The highest BCUT2D eigenvalue weighted by Crippen LogP contribution is 2.18. The van der Waals surface area contributed by atoms with Crippen molar-refractivity contribution in [3.8, 4) is 0 Å². The van der Waals surface area contributed by atoms with Crippen LogP contribution in [-0.4, -0.2) is 16.9 Å². The third kappa shape index (κ3) is 5.05. The van der Waals surface area contributed by atoms with Crippen LogP contribution >= 0.6 is 0 Å². The van der Waals surface area contributed by atoms with Crippen LogP contribution in [-0.2, 0) is 6.54 Å². The van der Waals surface area contributed by atoms with Crippen molar-refractivity contribution in [2.45, 2.75) is 58.0 Å². The molecule has 0 aliphatic heterocycles. The molecule has 1 saturated carbocycles. The van der Waals surface area contributed by atoms with E-state index in [1.165, 1.54) is 36.8 Å². The predicted molar refractivity (Wildman–Crippen MR) is 102 cm³/mol. The van der Waals surface area contributed by atoms with Crippen molar-refractivity contribution in [1.82, 2.24) is 10.3 Å². The largest absolute Gasteiger partial charge is 0.381 e. The van der Waals surface area contributed by atoms with Gasteiger partial charge < -0.3 is 10.6 Å². The first-order valence-corrected chi connectivity index (χ1v) is 9.27. The molecule has 1 aromatic carbocycles. The molecule has 1 aliphatic rings. The van der Waals surface area contributed by atoms with Crippen LogP contribution in [0.4, 0.5) is 5.69 Å². The number of nitrogens with zero attached hydrogens (tertiary/aromatic N) is 1. The van der Waals surface area contributed by atoms with E-state index in [1.807, 2.05) is 24.3 Å². The molecule has 2 aromatic rings. The fourth-order valence-corrected chi connectivity index (χ4v) is 3.35. The lowest BCUT2D eigenvalue weighted by Gasteiger charge is -2.16. The van der Waals surface area contributed by atoms with Crippen LogP contribution in [0.1, 0.15) is 60.1 Å². The summed E-state index contributed by atoms with van der Waals surface area (Å²) in [5, 5.41) is 6.55. The monoisotopic (exact) mass is 337 g/mol. The molecular formula is C21H27N3O. The van der Waals surface area contributed by atoms with Gasteiger partial charge in [-0.2, -0.15) is 0 Å². The second-order valence-electron chi connectivity index (χ2n) is 6.87. The van der Waals surface area contributed by atoms with E-state index in [2.05, 4.69) is 34.7 Å². The second kappa shape index (κ2) is 8.65. The van der Waals surface area contributed by atoms with Crippen molar-refractivity contribution in [2.75, 3.05) is 5.32 Å². The van der Waals surface area contributed by atoms with Crippen molar-refractivity contribution in [3.63, 3.8) is 0 Å². The number of aromatic nitrogens is 1. The van der Waals surface area contributed by atoms with Gasteiger partial charge in [-0.25, -0.2) is 0 Å². The van der Waals surface area contributed by atoms with Gasteiger partial charge >= 0.3 is 0 Å². The van der Waals surface area contributed by atoms with Gasteiger partial charge in [0.05, 0.1) is 0 Å². The molecule has 1 heterocycles. The van der Waals surface area contributed by atoms with Crippen molar-refractivity contribution < 1.29 is 4.79 Å². The average molecular weight is 337 g/mol. The lowest BCUT2D eigenvalue weighted by Crippen LogP contribution is -2.34. The Morgan fingerprint density at radius 3 is 2.64 bits per heavy atom. The number of pyridine rings is 1. The molecule has 25 heavy (non-hydrogen) atoms. The number of carbonyl (C=O) groups is 1. The zero-order chi connectivity index (χ0) is 17.5. The topological polar surface area (TPSA) is 54.0 Å². The van der Waals surface area contributed by atoms with Crippen molar-refractivity contribution in [2.24, 2.45) is 0 Å². The van der Waals surface area contributed by atoms with Gasteiger partial charge in [-0.1, -0.05) is 49.9 Å². The van der Waals surface area contributed by atoms with Gasteiger partial charge in [-0.05, 0) is 43.0 Å². The van der Waals surface area contributed by atoms with E-state index in [0.29, 0.717) is 11.7 Å². The second-order valence-corrected chi connectivity index (χ2v) is 6.87. The third-order valence-electron chi connectivity index (χ3n) is 4.93. The fourth-order valence-electron chi connectivity index (χ4n) is 3.35. The Morgan fingerprint density at radius 1 is 1.12 bits per heavy atom. The Labute approximate surface area is 150 Å². The van der Waals surface area contributed by atoms with Gasteiger partial charge in [0.15, 0.2) is 0 Å². The number of rotatable bonds is 5. The molecule has 0 unspecified atom stereocenters. The molecular weight excluding hydrogens is 310 g/mol. The quantitative estimate of drug-likeness (QED) is 0.792. The van der Waals surface area contributed by atoms with Gasteiger partial charge in [0.2, 0.25) is 0 Å². The van der Waals surface area contributed by atoms with Gasteiger partial charge in [0.25, 0.3) is 5.91 Å². The van der Waals surface area contributed by atoms with Crippen LogP contribution in [0.3, 0.4) is 0 Å². The first kappa shape index (κ1) is 17.5. The SMILES string of the molecule is Cc1ccccc1CNc1ccnc(C(=O)NC2CCCCCC2)c1. The Balaban J connectivity index is 1.60. The van der Waals surface area contributed by atoms with E-state index >= 15 is 0 Å². The molecule has 1 fully saturated rings. The smallest absolute Gasteiger partial charge is 0.270 e. The molecule has 1 aromatic heterocycles. The highest BCUT2D eigenvalue weighted by molar-refractivity contribution is 5.93. The zero-order valence-electron chi connectivity index (χ0n) is 14.9. The molecule has 3 rings (SSSR count). The highest BCUT2D eigenvalue weighted by atomic mass is 16.1. The number of hydrogen-bond donors (Lipinski definition) is 2. The highest BCUT2D eigenvalue weighted by Gasteiger charge is 2.16. The predicted octanol–water partition coefficient (Wildman–Crippen LogP) is 4.45. The van der Waals surface area contributed by atoms with Gasteiger partial charge in [-0.15, -0.1) is 0 Å². The van der Waals surface area contributed by atoms with Crippen molar-refractivity contribution >= 4 is 11.6 Å². The van der Waals surface area contributed by atoms with Crippen LogP contribution in [0.15, 0.2) is 42.6 Å². The lowest BCUT2D eigenvalue weighted by molar-refractivity contribution is 0.0928. The number of nitrogens with one attached hydrogen (secondary N) is 2. The Hall–Kier alpha value is -2.36. The standard InChI is InChI=1S/C21H27N3O/c1-16-8-6-7-9-17(16)15-23-19-12-13-22-20(14-19)21(25)24-18-10-4-2-3-5-11-18/h6-9,12-14,18H,2-5,10-11,15H2,1H3,(H,22,23)(H,24,25). The average Bonchev–Trinajstić information content (AvgIpc) is 2.90. The molecule has 0 bridgehead atoms. The van der Waals surface area contributed by atoms with E-state index in [1.54, 1.807) is 6.20 Å². The van der Waals surface area contributed by atoms with Gasteiger partial charge in [0.1, 0.15) is 5.69 Å². The minimum absolute atomic E-state index is 0.0635. The number of anilines is 1. The van der Waals surface area contributed by atoms with Crippen molar-refractivity contribution in [3.05, 3.63) is 59.4 Å². The molecule has 132 valence electrons. The molecule has 4 nitrogen and oxygen atoms in total. The summed E-state index contributed by atoms with van der Waals surface area (Å²) in [7, 11) is 0. The number of carbonyl (C=O) groups excluding carboxylic acids is 1. The normalized spacial score (nSPS) is 15.4. The molecule has 2 N–H and O–H groups in total. The molecule has 0 spiro atoms. The minimum Gasteiger partial charge on any atom is -0.381 e. The van der Waals surface area contributed by atoms with Crippen LogP contribution in [0.5, 0.6) is 0 Å². The molecule has 1 amide bonds. The summed E-state index contributed by atoms with van der Waals surface area (Å²) in [5.74, 6) is -0.0635. The first-order chi connectivity index (χ1) is 12.2. The van der Waals surface area contributed by atoms with Crippen LogP contribution in [0.2, 0.25) is 0 Å². The molecule has 0 atom stereocenters. The van der Waals surface area contributed by atoms with E-state index in [0.717, 1.165) is 25.1 Å². The van der Waals surface area contributed by atoms with Gasteiger partial charge in [0, 0.05) is 24.5 Å². The molecule has 4 heteroatoms. The minimum atomic E-state index is -0.0635. The molecule has 0 saturated heterocycles. The summed E-state index contributed by atoms with van der Waals surface area (Å²) < 4.78 is 0.